The number of nitrogens with zero attached hydrogens (tertiary/aromatic N) is 2. The van der Waals surface area contributed by atoms with Crippen molar-refractivity contribution in [3.05, 3.63) is 60.8 Å². The summed E-state index contributed by atoms with van der Waals surface area (Å²) in [6.07, 6.45) is 4.80. The molecule has 6 heteroatoms. The largest absolute Gasteiger partial charge is 0.467 e. The van der Waals surface area contributed by atoms with Crippen molar-refractivity contribution in [2.24, 2.45) is 5.16 Å². The lowest BCUT2D eigenvalue weighted by molar-refractivity contribution is -0.0579. The molecule has 2 atom stereocenters. The standard InChI is InChI=1S/C15H16N2O4.C3H6/c1-19-15(18)17-8-7-12-13(10-17)21-16-14(20-12)9-11-5-3-2-4-6-11;1-3-2/h2-8,12-13H,9-10H2,1H3;3H,1H2,2H3/t12-,13+;/m1./s1. The van der Waals surface area contributed by atoms with Crippen molar-refractivity contribution < 1.29 is 19.1 Å². The van der Waals surface area contributed by atoms with E-state index in [1.807, 2.05) is 37.3 Å². The first-order chi connectivity index (χ1) is 11.7. The van der Waals surface area contributed by atoms with Gasteiger partial charge in [0.1, 0.15) is 0 Å². The minimum Gasteiger partial charge on any atom is -0.467 e. The number of carbonyl (C=O) groups excluding carboxylic acids is 1. The number of methoxy groups -OCH3 is 1. The predicted molar refractivity (Wildman–Crippen MR) is 91.4 cm³/mol. The van der Waals surface area contributed by atoms with Gasteiger partial charge in [0.2, 0.25) is 5.90 Å². The number of carbonyl (C=O) groups is 1. The van der Waals surface area contributed by atoms with Crippen LogP contribution in [0.25, 0.3) is 0 Å². The Bertz CT molecular complexity index is 613. The Balaban J connectivity index is 0.000000647. The summed E-state index contributed by atoms with van der Waals surface area (Å²) in [6, 6.07) is 9.92. The van der Waals surface area contributed by atoms with Crippen LogP contribution in [0.1, 0.15) is 12.5 Å². The molecule has 0 fully saturated rings. The molecule has 6 nitrogen and oxygen atoms in total. The normalized spacial score (nSPS) is 21.1. The molecular formula is C18H22N2O4. The minimum absolute atomic E-state index is 0.234. The minimum atomic E-state index is -0.424. The number of hydrogen-bond acceptors (Lipinski definition) is 5. The van der Waals surface area contributed by atoms with Crippen molar-refractivity contribution >= 4 is 12.0 Å². The summed E-state index contributed by atoms with van der Waals surface area (Å²) < 4.78 is 10.5. The molecule has 2 aliphatic rings. The quantitative estimate of drug-likeness (QED) is 0.782. The van der Waals surface area contributed by atoms with Gasteiger partial charge in [-0.1, -0.05) is 41.6 Å². The van der Waals surface area contributed by atoms with E-state index in [0.717, 1.165) is 5.56 Å². The van der Waals surface area contributed by atoms with Crippen LogP contribution in [-0.2, 0) is 20.7 Å². The van der Waals surface area contributed by atoms with Crippen LogP contribution in [0.5, 0.6) is 0 Å². The highest BCUT2D eigenvalue weighted by molar-refractivity contribution is 5.79. The fourth-order valence-corrected chi connectivity index (χ4v) is 2.28. The maximum atomic E-state index is 11.5. The van der Waals surface area contributed by atoms with Crippen LogP contribution in [0.2, 0.25) is 0 Å². The highest BCUT2D eigenvalue weighted by Gasteiger charge is 2.35. The number of benzene rings is 1. The van der Waals surface area contributed by atoms with Crippen LogP contribution >= 0.6 is 0 Å². The van der Waals surface area contributed by atoms with Crippen LogP contribution in [0.15, 0.2) is 60.4 Å². The molecule has 0 aromatic heterocycles. The third-order valence-electron chi connectivity index (χ3n) is 3.37. The van der Waals surface area contributed by atoms with Crippen LogP contribution in [-0.4, -0.2) is 42.8 Å². The second kappa shape index (κ2) is 8.76. The molecule has 0 saturated carbocycles. The number of ether oxygens (including phenoxy) is 2. The van der Waals surface area contributed by atoms with E-state index in [4.69, 9.17) is 9.57 Å². The summed E-state index contributed by atoms with van der Waals surface area (Å²) in [5.74, 6) is 0.540. The number of oxime groups is 1. The van der Waals surface area contributed by atoms with Crippen molar-refractivity contribution in [2.75, 3.05) is 13.7 Å². The lowest BCUT2D eigenvalue weighted by Gasteiger charge is -2.34. The van der Waals surface area contributed by atoms with E-state index in [2.05, 4.69) is 16.5 Å². The van der Waals surface area contributed by atoms with Gasteiger partial charge in [-0.25, -0.2) is 4.79 Å². The molecule has 0 aliphatic carbocycles. The number of amides is 1. The molecule has 1 amide bonds. The second-order valence-corrected chi connectivity index (χ2v) is 5.25. The zero-order valence-corrected chi connectivity index (χ0v) is 13.9. The van der Waals surface area contributed by atoms with Gasteiger partial charge >= 0.3 is 6.09 Å². The second-order valence-electron chi connectivity index (χ2n) is 5.25. The Labute approximate surface area is 142 Å². The van der Waals surface area contributed by atoms with E-state index in [1.165, 1.54) is 12.0 Å². The SMILES string of the molecule is C=CC.COC(=O)N1C=C[C@H]2OC(Cc3ccccc3)=NO[C@H]2C1. The molecule has 3 rings (SSSR count). The van der Waals surface area contributed by atoms with Gasteiger partial charge in [-0.05, 0) is 18.6 Å². The Hall–Kier alpha value is -2.76. The van der Waals surface area contributed by atoms with Gasteiger partial charge < -0.3 is 14.3 Å². The number of hydrogen-bond donors (Lipinski definition) is 0. The van der Waals surface area contributed by atoms with Crippen molar-refractivity contribution in [2.45, 2.75) is 25.6 Å². The zero-order valence-electron chi connectivity index (χ0n) is 13.9. The highest BCUT2D eigenvalue weighted by atomic mass is 16.7. The maximum Gasteiger partial charge on any atom is 0.413 e. The topological polar surface area (TPSA) is 60.4 Å². The average Bonchev–Trinajstić information content (AvgIpc) is 2.62. The maximum absolute atomic E-state index is 11.5. The Morgan fingerprint density at radius 1 is 1.46 bits per heavy atom. The molecule has 0 radical (unpaired) electrons. The molecule has 2 heterocycles. The number of rotatable bonds is 2. The molecule has 1 aromatic carbocycles. The van der Waals surface area contributed by atoms with Crippen molar-refractivity contribution in [3.63, 3.8) is 0 Å². The van der Waals surface area contributed by atoms with Crippen molar-refractivity contribution in [3.8, 4) is 0 Å². The van der Waals surface area contributed by atoms with Gasteiger partial charge in [0.05, 0.1) is 20.1 Å². The molecule has 2 aliphatic heterocycles. The first-order valence-electron chi connectivity index (χ1n) is 7.71. The van der Waals surface area contributed by atoms with E-state index in [1.54, 1.807) is 18.4 Å². The van der Waals surface area contributed by atoms with Gasteiger partial charge in [0, 0.05) is 6.20 Å². The first kappa shape index (κ1) is 17.6. The van der Waals surface area contributed by atoms with Gasteiger partial charge in [0.15, 0.2) is 12.2 Å². The third kappa shape index (κ3) is 4.62. The molecule has 128 valence electrons. The van der Waals surface area contributed by atoms with E-state index < -0.39 is 6.09 Å². The van der Waals surface area contributed by atoms with Crippen LogP contribution in [0.4, 0.5) is 4.79 Å². The van der Waals surface area contributed by atoms with E-state index in [9.17, 15) is 4.79 Å². The average molecular weight is 330 g/mol. The fraction of sp³-hybridized carbons (Fsp3) is 0.333. The number of allylic oxidation sites excluding steroid dienone is 1. The Kier molecular flexibility index (Phi) is 6.42. The van der Waals surface area contributed by atoms with E-state index >= 15 is 0 Å². The van der Waals surface area contributed by atoms with Crippen LogP contribution < -0.4 is 0 Å². The summed E-state index contributed by atoms with van der Waals surface area (Å²) in [4.78, 5) is 18.4. The van der Waals surface area contributed by atoms with E-state index in [0.29, 0.717) is 18.9 Å². The van der Waals surface area contributed by atoms with Crippen LogP contribution in [0.3, 0.4) is 0 Å². The molecular weight excluding hydrogens is 308 g/mol. The van der Waals surface area contributed by atoms with Crippen molar-refractivity contribution in [1.29, 1.82) is 0 Å². The summed E-state index contributed by atoms with van der Waals surface area (Å²) in [6.45, 7) is 5.61. The lowest BCUT2D eigenvalue weighted by Crippen LogP contribution is -2.47. The Morgan fingerprint density at radius 3 is 2.83 bits per heavy atom. The lowest BCUT2D eigenvalue weighted by atomic mass is 10.1. The molecule has 0 spiro atoms. The molecule has 0 saturated heterocycles. The Morgan fingerprint density at radius 2 is 2.17 bits per heavy atom. The highest BCUT2D eigenvalue weighted by Crippen LogP contribution is 2.21. The molecule has 0 bridgehead atoms. The van der Waals surface area contributed by atoms with Crippen LogP contribution in [0, 0.1) is 0 Å². The van der Waals surface area contributed by atoms with Gasteiger partial charge in [-0.2, -0.15) is 0 Å². The smallest absolute Gasteiger partial charge is 0.413 e. The zero-order chi connectivity index (χ0) is 17.4. The summed E-state index contributed by atoms with van der Waals surface area (Å²) >= 11 is 0. The van der Waals surface area contributed by atoms with E-state index in [-0.39, 0.29) is 12.2 Å². The predicted octanol–water partition coefficient (Wildman–Crippen LogP) is 3.11. The first-order valence-corrected chi connectivity index (χ1v) is 7.71. The fourth-order valence-electron chi connectivity index (χ4n) is 2.28. The van der Waals surface area contributed by atoms with Gasteiger partial charge in [-0.3, -0.25) is 4.90 Å². The van der Waals surface area contributed by atoms with Gasteiger partial charge in [0.25, 0.3) is 0 Å². The summed E-state index contributed by atoms with van der Waals surface area (Å²) in [7, 11) is 1.34. The molecule has 0 unspecified atom stereocenters. The monoisotopic (exact) mass is 330 g/mol. The van der Waals surface area contributed by atoms with Crippen molar-refractivity contribution in [1.82, 2.24) is 4.90 Å². The van der Waals surface area contributed by atoms with Gasteiger partial charge in [-0.15, -0.1) is 6.58 Å². The molecule has 0 N–H and O–H groups in total. The number of fused-ring (bicyclic) bond motifs is 1. The third-order valence-corrected chi connectivity index (χ3v) is 3.37. The summed E-state index contributed by atoms with van der Waals surface area (Å²) in [5, 5.41) is 4.01. The molecule has 24 heavy (non-hydrogen) atoms. The molecule has 1 aromatic rings. The summed E-state index contributed by atoms with van der Waals surface area (Å²) in [5.41, 5.74) is 1.11.